The van der Waals surface area contributed by atoms with E-state index in [1.807, 2.05) is 30.9 Å². The number of nitrogens with zero attached hydrogens (tertiary/aromatic N) is 5. The van der Waals surface area contributed by atoms with Crippen LogP contribution >= 0.6 is 0 Å². The number of pyridine rings is 2. The van der Waals surface area contributed by atoms with Crippen molar-refractivity contribution in [3.63, 3.8) is 0 Å². The molecule has 0 aromatic carbocycles. The van der Waals surface area contributed by atoms with E-state index >= 15 is 0 Å². The molecule has 0 unspecified atom stereocenters. The molecule has 2 saturated heterocycles. The summed E-state index contributed by atoms with van der Waals surface area (Å²) in [6.07, 6.45) is -1.15. The number of ether oxygens (including phenoxy) is 1. The van der Waals surface area contributed by atoms with Crippen molar-refractivity contribution >= 4 is 18.0 Å². The second-order valence-corrected chi connectivity index (χ2v) is 9.80. The van der Waals surface area contributed by atoms with Crippen LogP contribution in [0.2, 0.25) is 0 Å². The van der Waals surface area contributed by atoms with Crippen LogP contribution in [0.5, 0.6) is 5.88 Å². The summed E-state index contributed by atoms with van der Waals surface area (Å²) >= 11 is 0. The average molecular weight is 518 g/mol. The van der Waals surface area contributed by atoms with E-state index in [9.17, 15) is 22.8 Å². The number of aromatic nitrogens is 2. The molecule has 2 aliphatic heterocycles. The Morgan fingerprint density at radius 1 is 1.14 bits per heavy atom. The first-order valence-electron chi connectivity index (χ1n) is 12.7. The molecule has 198 valence electrons. The second-order valence-electron chi connectivity index (χ2n) is 9.80. The number of aldehydes is 1. The molecule has 37 heavy (non-hydrogen) atoms. The molecule has 0 radical (unpaired) electrons. The van der Waals surface area contributed by atoms with Crippen LogP contribution in [0.1, 0.15) is 50.0 Å². The number of alkyl halides is 3. The molecule has 0 spiro atoms. The minimum Gasteiger partial charge on any atom is -0.477 e. The molecule has 0 N–H and O–H groups in total. The highest BCUT2D eigenvalue weighted by atomic mass is 19.4. The zero-order chi connectivity index (χ0) is 26.4. The molecule has 2 atom stereocenters. The van der Waals surface area contributed by atoms with Gasteiger partial charge in [-0.05, 0) is 56.9 Å². The van der Waals surface area contributed by atoms with Crippen LogP contribution in [0.15, 0.2) is 30.5 Å². The van der Waals surface area contributed by atoms with Crippen LogP contribution in [0.25, 0.3) is 11.3 Å². The number of carbonyl (C=O) groups excluding carboxylic acids is 2. The normalized spacial score (nSPS) is 23.1. The van der Waals surface area contributed by atoms with Crippen LogP contribution in [0.3, 0.4) is 0 Å². The Morgan fingerprint density at radius 3 is 2.54 bits per heavy atom. The summed E-state index contributed by atoms with van der Waals surface area (Å²) in [6.45, 7) is 4.88. The molecule has 3 aliphatic rings. The van der Waals surface area contributed by atoms with E-state index in [2.05, 4.69) is 9.97 Å². The van der Waals surface area contributed by atoms with Gasteiger partial charge in [0, 0.05) is 31.9 Å². The summed E-state index contributed by atoms with van der Waals surface area (Å²) < 4.78 is 47.6. The SMILES string of the molecule is CCOc1ncccc1-c1ccc(N2C[C@H]3CN(C4(C(F)(F)F)CCC4)C(=O)N3C[C@H]2CC)c(C=O)n1. The number of anilines is 1. The number of hydrogen-bond acceptors (Lipinski definition) is 6. The molecule has 1 aliphatic carbocycles. The molecule has 8 nitrogen and oxygen atoms in total. The van der Waals surface area contributed by atoms with Crippen molar-refractivity contribution in [3.05, 3.63) is 36.2 Å². The Morgan fingerprint density at radius 2 is 1.92 bits per heavy atom. The van der Waals surface area contributed by atoms with Crippen molar-refractivity contribution in [1.82, 2.24) is 19.8 Å². The first kappa shape index (κ1) is 25.3. The fourth-order valence-corrected chi connectivity index (χ4v) is 5.79. The minimum absolute atomic E-state index is 0.0145. The highest BCUT2D eigenvalue weighted by molar-refractivity contribution is 5.85. The third-order valence-electron chi connectivity index (χ3n) is 7.91. The standard InChI is InChI=1S/C26H30F3N5O3/c1-3-17-13-33-18(15-34(24(33)36)25(10-6-11-25)26(27,28)29)14-32(17)22-9-8-20(31-21(22)16-35)19-7-5-12-30-23(19)37-4-2/h5,7-9,12,16-18H,3-4,6,10-11,13-15H2,1-2H3/t17-,18+/m1/s1. The molecule has 3 fully saturated rings. The smallest absolute Gasteiger partial charge is 0.411 e. The summed E-state index contributed by atoms with van der Waals surface area (Å²) in [5.74, 6) is 0.418. The Labute approximate surface area is 213 Å². The Kier molecular flexibility index (Phi) is 6.49. The van der Waals surface area contributed by atoms with Crippen LogP contribution in [-0.2, 0) is 0 Å². The number of rotatable bonds is 7. The summed E-state index contributed by atoms with van der Waals surface area (Å²) in [5, 5.41) is 0. The number of fused-ring (bicyclic) bond motifs is 1. The third kappa shape index (κ3) is 4.08. The van der Waals surface area contributed by atoms with Crippen molar-refractivity contribution in [1.29, 1.82) is 0 Å². The maximum atomic E-state index is 14.0. The lowest BCUT2D eigenvalue weighted by molar-refractivity contribution is -0.245. The van der Waals surface area contributed by atoms with Crippen molar-refractivity contribution in [2.45, 2.75) is 63.3 Å². The Balaban J connectivity index is 1.44. The Hall–Kier alpha value is -3.37. The number of hydrogen-bond donors (Lipinski definition) is 0. The van der Waals surface area contributed by atoms with E-state index in [0.717, 1.165) is 4.90 Å². The lowest BCUT2D eigenvalue weighted by Crippen LogP contribution is -2.64. The molecule has 0 bridgehead atoms. The van der Waals surface area contributed by atoms with Gasteiger partial charge in [0.1, 0.15) is 11.2 Å². The molecule has 5 rings (SSSR count). The summed E-state index contributed by atoms with van der Waals surface area (Å²) in [7, 11) is 0. The van der Waals surface area contributed by atoms with Crippen molar-refractivity contribution in [2.24, 2.45) is 0 Å². The monoisotopic (exact) mass is 517 g/mol. The topological polar surface area (TPSA) is 78.9 Å². The van der Waals surface area contributed by atoms with E-state index in [-0.39, 0.29) is 31.1 Å². The maximum Gasteiger partial charge on any atom is 0.411 e. The van der Waals surface area contributed by atoms with Gasteiger partial charge in [0.05, 0.1) is 29.6 Å². The summed E-state index contributed by atoms with van der Waals surface area (Å²) in [5.41, 5.74) is -0.0401. The van der Waals surface area contributed by atoms with Gasteiger partial charge in [0.25, 0.3) is 0 Å². The van der Waals surface area contributed by atoms with Gasteiger partial charge in [-0.2, -0.15) is 13.2 Å². The van der Waals surface area contributed by atoms with E-state index in [1.54, 1.807) is 23.2 Å². The molecule has 1 saturated carbocycles. The average Bonchev–Trinajstić information content (AvgIpc) is 3.17. The zero-order valence-corrected chi connectivity index (χ0v) is 20.9. The third-order valence-corrected chi connectivity index (χ3v) is 7.91. The molecule has 4 heterocycles. The van der Waals surface area contributed by atoms with E-state index in [4.69, 9.17) is 4.74 Å². The van der Waals surface area contributed by atoms with E-state index in [1.165, 1.54) is 0 Å². The lowest BCUT2D eigenvalue weighted by Gasteiger charge is -2.48. The molecular formula is C26H30F3N5O3. The van der Waals surface area contributed by atoms with E-state index < -0.39 is 23.8 Å². The number of halogens is 3. The Bertz CT molecular complexity index is 1190. The first-order chi connectivity index (χ1) is 17.7. The van der Waals surface area contributed by atoms with Crippen molar-refractivity contribution in [3.8, 4) is 17.1 Å². The summed E-state index contributed by atoms with van der Waals surface area (Å²) in [4.78, 5) is 38.8. The largest absolute Gasteiger partial charge is 0.477 e. The van der Waals surface area contributed by atoms with Gasteiger partial charge in [0.2, 0.25) is 5.88 Å². The number of piperazine rings is 1. The van der Waals surface area contributed by atoms with Gasteiger partial charge in [-0.3, -0.25) is 4.79 Å². The molecule has 2 amide bonds. The quantitative estimate of drug-likeness (QED) is 0.502. The van der Waals surface area contributed by atoms with Crippen LogP contribution in [0.4, 0.5) is 23.7 Å². The van der Waals surface area contributed by atoms with Gasteiger partial charge in [-0.1, -0.05) is 6.92 Å². The second kappa shape index (κ2) is 9.50. The fraction of sp³-hybridized carbons (Fsp3) is 0.538. The van der Waals surface area contributed by atoms with Crippen LogP contribution < -0.4 is 9.64 Å². The highest BCUT2D eigenvalue weighted by Gasteiger charge is 2.66. The highest BCUT2D eigenvalue weighted by Crippen LogP contribution is 2.51. The summed E-state index contributed by atoms with van der Waals surface area (Å²) in [6, 6.07) is 6.08. The first-order valence-corrected chi connectivity index (χ1v) is 12.7. The maximum absolute atomic E-state index is 14.0. The molecule has 11 heteroatoms. The van der Waals surface area contributed by atoms with Gasteiger partial charge in [-0.25, -0.2) is 14.8 Å². The predicted octanol–water partition coefficient (Wildman–Crippen LogP) is 4.54. The lowest BCUT2D eigenvalue weighted by atomic mass is 9.74. The molecule has 2 aromatic rings. The number of carbonyl (C=O) groups is 2. The predicted molar refractivity (Wildman–Crippen MR) is 131 cm³/mol. The van der Waals surface area contributed by atoms with Crippen molar-refractivity contribution in [2.75, 3.05) is 31.1 Å². The molecule has 2 aromatic heterocycles. The zero-order valence-electron chi connectivity index (χ0n) is 20.9. The van der Waals surface area contributed by atoms with Crippen LogP contribution in [0, 0.1) is 0 Å². The molecular weight excluding hydrogens is 487 g/mol. The number of amides is 2. The van der Waals surface area contributed by atoms with Gasteiger partial charge in [-0.15, -0.1) is 0 Å². The van der Waals surface area contributed by atoms with E-state index in [0.29, 0.717) is 61.6 Å². The van der Waals surface area contributed by atoms with Crippen LogP contribution in [-0.4, -0.2) is 82.1 Å². The van der Waals surface area contributed by atoms with Gasteiger partial charge in [0.15, 0.2) is 6.29 Å². The van der Waals surface area contributed by atoms with Crippen molar-refractivity contribution < 1.29 is 27.5 Å². The minimum atomic E-state index is -4.46. The number of urea groups is 1. The van der Waals surface area contributed by atoms with Gasteiger partial charge < -0.3 is 19.4 Å². The fourth-order valence-electron chi connectivity index (χ4n) is 5.79. The van der Waals surface area contributed by atoms with Gasteiger partial charge >= 0.3 is 12.2 Å².